The van der Waals surface area contributed by atoms with Crippen molar-refractivity contribution in [2.45, 2.75) is 18.8 Å². The molecule has 1 rings (SSSR count). The maximum atomic E-state index is 12.5. The summed E-state index contributed by atoms with van der Waals surface area (Å²) in [6.45, 7) is 0. The van der Waals surface area contributed by atoms with Crippen molar-refractivity contribution >= 4 is 5.97 Å². The first kappa shape index (κ1) is 14.3. The van der Waals surface area contributed by atoms with Crippen molar-refractivity contribution in [1.29, 1.82) is 0 Å². The number of hydrogen-bond donors (Lipinski definition) is 1. The van der Waals surface area contributed by atoms with Gasteiger partial charge in [0.25, 0.3) is 0 Å². The lowest BCUT2D eigenvalue weighted by molar-refractivity contribution is -0.147. The highest BCUT2D eigenvalue weighted by Gasteiger charge is 2.42. The van der Waals surface area contributed by atoms with E-state index in [0.29, 0.717) is 12.3 Å². The number of carboxylic acid groups (broad SMARTS) is 1. The lowest BCUT2D eigenvalue weighted by atomic mass is 10.0. The summed E-state index contributed by atoms with van der Waals surface area (Å²) in [6, 6.07) is 0.313. The number of pyridine rings is 1. The van der Waals surface area contributed by atoms with Gasteiger partial charge in [0.15, 0.2) is 0 Å². The molecule has 0 unspecified atom stereocenters. The van der Waals surface area contributed by atoms with Gasteiger partial charge in [0.05, 0.1) is 12.0 Å². The second-order valence-electron chi connectivity index (χ2n) is 3.25. The SMILES string of the molecule is O=C(O)Cc1c(C(F)(F)F)ccnc1C(F)(F)F. The third-order valence-corrected chi connectivity index (χ3v) is 1.96. The molecule has 0 fully saturated rings. The molecule has 100 valence electrons. The van der Waals surface area contributed by atoms with Crippen LogP contribution in [0.4, 0.5) is 26.3 Å². The largest absolute Gasteiger partial charge is 0.481 e. The predicted octanol–water partition coefficient (Wildman–Crippen LogP) is 2.75. The van der Waals surface area contributed by atoms with Crippen molar-refractivity contribution in [3.05, 3.63) is 29.1 Å². The van der Waals surface area contributed by atoms with Crippen molar-refractivity contribution < 1.29 is 36.2 Å². The molecule has 0 amide bonds. The van der Waals surface area contributed by atoms with Crippen LogP contribution in [-0.2, 0) is 23.6 Å². The third kappa shape index (κ3) is 3.11. The molecule has 0 radical (unpaired) electrons. The van der Waals surface area contributed by atoms with Gasteiger partial charge in [0.2, 0.25) is 0 Å². The Hall–Kier alpha value is -1.80. The van der Waals surface area contributed by atoms with Crippen molar-refractivity contribution in [3.63, 3.8) is 0 Å². The van der Waals surface area contributed by atoms with Gasteiger partial charge in [-0.05, 0) is 6.07 Å². The Labute approximate surface area is 96.1 Å². The van der Waals surface area contributed by atoms with E-state index >= 15 is 0 Å². The van der Waals surface area contributed by atoms with E-state index < -0.39 is 41.6 Å². The fraction of sp³-hybridized carbons (Fsp3) is 0.333. The minimum Gasteiger partial charge on any atom is -0.481 e. The minimum absolute atomic E-state index is 0.313. The topological polar surface area (TPSA) is 50.2 Å². The normalized spacial score (nSPS) is 12.6. The molecule has 3 nitrogen and oxygen atoms in total. The molecular weight excluding hydrogens is 268 g/mol. The molecule has 0 saturated heterocycles. The Kier molecular flexibility index (Phi) is 3.54. The summed E-state index contributed by atoms with van der Waals surface area (Å²) in [5.41, 5.74) is -4.86. The van der Waals surface area contributed by atoms with Crippen molar-refractivity contribution in [1.82, 2.24) is 4.98 Å². The highest BCUT2D eigenvalue weighted by atomic mass is 19.4. The summed E-state index contributed by atoms with van der Waals surface area (Å²) in [5.74, 6) is -1.81. The zero-order chi connectivity index (χ0) is 14.1. The van der Waals surface area contributed by atoms with Crippen LogP contribution in [-0.4, -0.2) is 16.1 Å². The van der Waals surface area contributed by atoms with Crippen molar-refractivity contribution in [3.8, 4) is 0 Å². The average Bonchev–Trinajstić information content (AvgIpc) is 2.13. The van der Waals surface area contributed by atoms with Crippen LogP contribution in [0.25, 0.3) is 0 Å². The summed E-state index contributed by atoms with van der Waals surface area (Å²) >= 11 is 0. The zero-order valence-electron chi connectivity index (χ0n) is 8.43. The summed E-state index contributed by atoms with van der Waals surface area (Å²) < 4.78 is 74.8. The molecule has 0 spiro atoms. The Morgan fingerprint density at radius 3 is 2.11 bits per heavy atom. The first-order chi connectivity index (χ1) is 8.03. The third-order valence-electron chi connectivity index (χ3n) is 1.96. The number of hydrogen-bond acceptors (Lipinski definition) is 2. The predicted molar refractivity (Wildman–Crippen MR) is 45.6 cm³/mol. The monoisotopic (exact) mass is 273 g/mol. The molecule has 0 aliphatic carbocycles. The van der Waals surface area contributed by atoms with Crippen molar-refractivity contribution in [2.75, 3.05) is 0 Å². The zero-order valence-corrected chi connectivity index (χ0v) is 8.43. The van der Waals surface area contributed by atoms with Crippen LogP contribution in [0.1, 0.15) is 16.8 Å². The van der Waals surface area contributed by atoms with Crippen LogP contribution in [0, 0.1) is 0 Å². The number of aromatic nitrogens is 1. The molecule has 18 heavy (non-hydrogen) atoms. The Balaban J connectivity index is 3.50. The first-order valence-corrected chi connectivity index (χ1v) is 4.37. The van der Waals surface area contributed by atoms with Gasteiger partial charge in [-0.1, -0.05) is 0 Å². The lowest BCUT2D eigenvalue weighted by Gasteiger charge is -2.16. The Bertz CT molecular complexity index is 433. The summed E-state index contributed by atoms with van der Waals surface area (Å²) in [6.07, 6.45) is -11.3. The lowest BCUT2D eigenvalue weighted by Crippen LogP contribution is -2.20. The maximum Gasteiger partial charge on any atom is 0.433 e. The van der Waals surface area contributed by atoms with E-state index in [-0.39, 0.29) is 0 Å². The van der Waals surface area contributed by atoms with Gasteiger partial charge >= 0.3 is 18.3 Å². The van der Waals surface area contributed by atoms with E-state index in [1.165, 1.54) is 0 Å². The number of carbonyl (C=O) groups is 1. The van der Waals surface area contributed by atoms with E-state index in [2.05, 4.69) is 4.98 Å². The van der Waals surface area contributed by atoms with Gasteiger partial charge in [0, 0.05) is 11.8 Å². The highest BCUT2D eigenvalue weighted by Crippen LogP contribution is 2.38. The number of carboxylic acids is 1. The molecule has 1 aromatic rings. The molecule has 0 aliphatic rings. The fourth-order valence-corrected chi connectivity index (χ4v) is 1.33. The molecule has 1 heterocycles. The molecule has 0 bridgehead atoms. The van der Waals surface area contributed by atoms with Gasteiger partial charge in [-0.15, -0.1) is 0 Å². The van der Waals surface area contributed by atoms with Gasteiger partial charge < -0.3 is 5.11 Å². The molecule has 0 aliphatic heterocycles. The summed E-state index contributed by atoms with van der Waals surface area (Å²) in [4.78, 5) is 13.2. The van der Waals surface area contributed by atoms with E-state index in [4.69, 9.17) is 5.11 Å². The molecule has 0 saturated carbocycles. The summed E-state index contributed by atoms with van der Waals surface area (Å²) in [5, 5.41) is 8.38. The summed E-state index contributed by atoms with van der Waals surface area (Å²) in [7, 11) is 0. The minimum atomic E-state index is -5.15. The number of halogens is 6. The fourth-order valence-electron chi connectivity index (χ4n) is 1.33. The highest BCUT2D eigenvalue weighted by molar-refractivity contribution is 5.71. The number of rotatable bonds is 2. The van der Waals surface area contributed by atoms with E-state index in [9.17, 15) is 31.1 Å². The first-order valence-electron chi connectivity index (χ1n) is 4.37. The van der Waals surface area contributed by atoms with Gasteiger partial charge in [-0.2, -0.15) is 26.3 Å². The molecule has 1 aromatic heterocycles. The molecule has 1 N–H and O–H groups in total. The van der Waals surface area contributed by atoms with Crippen LogP contribution >= 0.6 is 0 Å². The van der Waals surface area contributed by atoms with Crippen LogP contribution in [0.3, 0.4) is 0 Å². The smallest absolute Gasteiger partial charge is 0.433 e. The Morgan fingerprint density at radius 1 is 1.17 bits per heavy atom. The number of aliphatic carboxylic acids is 1. The molecule has 0 atom stereocenters. The van der Waals surface area contributed by atoms with Gasteiger partial charge in [-0.3, -0.25) is 9.78 Å². The van der Waals surface area contributed by atoms with Crippen LogP contribution in [0.2, 0.25) is 0 Å². The van der Waals surface area contributed by atoms with E-state index in [1.54, 1.807) is 0 Å². The maximum absolute atomic E-state index is 12.5. The number of alkyl halides is 6. The quantitative estimate of drug-likeness (QED) is 0.843. The van der Waals surface area contributed by atoms with Gasteiger partial charge in [0.1, 0.15) is 5.69 Å². The second kappa shape index (κ2) is 4.46. The van der Waals surface area contributed by atoms with Crippen molar-refractivity contribution in [2.24, 2.45) is 0 Å². The van der Waals surface area contributed by atoms with E-state index in [0.717, 1.165) is 0 Å². The molecule has 9 heteroatoms. The number of nitrogens with zero attached hydrogens (tertiary/aromatic N) is 1. The van der Waals surface area contributed by atoms with Crippen LogP contribution in [0.5, 0.6) is 0 Å². The molecule has 0 aromatic carbocycles. The second-order valence-corrected chi connectivity index (χ2v) is 3.25. The van der Waals surface area contributed by atoms with E-state index in [1.807, 2.05) is 0 Å². The standard InChI is InChI=1S/C9H5F6NO2/c10-8(11,12)5-1-2-16-7(9(13,14)15)4(5)3-6(17)18/h1-2H,3H2,(H,17,18). The average molecular weight is 273 g/mol. The van der Waals surface area contributed by atoms with Crippen LogP contribution in [0.15, 0.2) is 12.3 Å². The Morgan fingerprint density at radius 2 is 1.72 bits per heavy atom. The van der Waals surface area contributed by atoms with Gasteiger partial charge in [-0.25, -0.2) is 0 Å². The molecular formula is C9H5F6NO2. The van der Waals surface area contributed by atoms with Crippen LogP contribution < -0.4 is 0 Å².